The minimum absolute atomic E-state index is 0.0696. The van der Waals surface area contributed by atoms with Gasteiger partial charge < -0.3 is 10.1 Å². The summed E-state index contributed by atoms with van der Waals surface area (Å²) in [7, 11) is 1.81. The van der Waals surface area contributed by atoms with Gasteiger partial charge in [0.25, 0.3) is 6.33 Å². The Labute approximate surface area is 111 Å². The fourth-order valence-electron chi connectivity index (χ4n) is 2.09. The first-order valence-corrected chi connectivity index (χ1v) is 6.19. The molecule has 1 fully saturated rings. The monoisotopic (exact) mass is 264 g/mol. The van der Waals surface area contributed by atoms with E-state index in [1.807, 2.05) is 7.05 Å². The first-order valence-electron chi connectivity index (χ1n) is 6.19. The molecule has 1 aliphatic carbocycles. The Balaban J connectivity index is 2.12. The van der Waals surface area contributed by atoms with Gasteiger partial charge in [0.15, 0.2) is 0 Å². The number of ether oxygens (including phenoxy) is 1. The van der Waals surface area contributed by atoms with Gasteiger partial charge >= 0.3 is 12.0 Å². The van der Waals surface area contributed by atoms with Crippen molar-refractivity contribution in [2.45, 2.75) is 18.9 Å². The number of carbonyl (C=O) groups excluding carboxylic acids is 2. The molecule has 0 radical (unpaired) electrons. The number of nitrogens with zero attached hydrogens (tertiary/aromatic N) is 2. The lowest BCUT2D eigenvalue weighted by Crippen LogP contribution is -2.47. The van der Waals surface area contributed by atoms with E-state index in [1.54, 1.807) is 36.3 Å². The molecule has 0 spiro atoms. The van der Waals surface area contributed by atoms with E-state index in [2.05, 4.69) is 11.9 Å². The van der Waals surface area contributed by atoms with E-state index in [9.17, 15) is 9.59 Å². The molecule has 0 bridgehead atoms. The van der Waals surface area contributed by atoms with Gasteiger partial charge in [-0.2, -0.15) is 4.57 Å². The van der Waals surface area contributed by atoms with E-state index in [1.165, 1.54) is 4.57 Å². The lowest BCUT2D eigenvalue weighted by Gasteiger charge is -2.15. The first-order chi connectivity index (χ1) is 9.03. The summed E-state index contributed by atoms with van der Waals surface area (Å²) < 4.78 is 8.16. The topological polar surface area (TPSA) is 64.2 Å². The van der Waals surface area contributed by atoms with Gasteiger partial charge in [-0.15, -0.1) is 6.58 Å². The highest BCUT2D eigenvalue weighted by Gasteiger charge is 2.61. The molecule has 0 aromatic carbocycles. The average molecular weight is 264 g/mol. The maximum absolute atomic E-state index is 12.1. The minimum Gasteiger partial charge on any atom is -0.464 e. The Hall–Kier alpha value is -2.11. The van der Waals surface area contributed by atoms with Crippen molar-refractivity contribution in [3.05, 3.63) is 31.4 Å². The van der Waals surface area contributed by atoms with E-state index < -0.39 is 11.5 Å². The second-order valence-electron chi connectivity index (χ2n) is 4.65. The third-order valence-electron chi connectivity index (χ3n) is 3.27. The Morgan fingerprint density at radius 1 is 1.68 bits per heavy atom. The van der Waals surface area contributed by atoms with Crippen LogP contribution in [0.1, 0.15) is 13.3 Å². The normalized spacial score (nSPS) is 24.6. The van der Waals surface area contributed by atoms with Crippen molar-refractivity contribution in [1.29, 1.82) is 0 Å². The number of hydrogen-bond donors (Lipinski definition) is 1. The fraction of sp³-hybridized carbons (Fsp3) is 0.462. The van der Waals surface area contributed by atoms with Crippen molar-refractivity contribution in [2.75, 3.05) is 6.61 Å². The molecule has 1 aromatic heterocycles. The van der Waals surface area contributed by atoms with E-state index >= 15 is 0 Å². The zero-order valence-corrected chi connectivity index (χ0v) is 11.1. The van der Waals surface area contributed by atoms with Crippen LogP contribution in [0.15, 0.2) is 31.4 Å². The summed E-state index contributed by atoms with van der Waals surface area (Å²) in [6.07, 6.45) is 7.20. The summed E-state index contributed by atoms with van der Waals surface area (Å²) in [6, 6.07) is -0.349. The number of rotatable bonds is 4. The quantitative estimate of drug-likeness (QED) is 0.486. The standard InChI is InChI=1S/C13H17N3O3/c1-4-10-8-13(10,11(17)19-5-2)14-12(18)16-7-6-15(3)9-16/h4,6-7,9-10H,1,5,8H2,2-3H3/p+1. The molecule has 2 atom stereocenters. The van der Waals surface area contributed by atoms with Gasteiger partial charge in [-0.3, -0.25) is 0 Å². The van der Waals surface area contributed by atoms with Gasteiger partial charge in [0.05, 0.1) is 13.7 Å². The molecule has 1 N–H and O–H groups in total. The van der Waals surface area contributed by atoms with Crippen molar-refractivity contribution >= 4 is 12.0 Å². The summed E-state index contributed by atoms with van der Waals surface area (Å²) in [4.78, 5) is 24.0. The zero-order valence-electron chi connectivity index (χ0n) is 11.1. The molecule has 1 aromatic rings. The van der Waals surface area contributed by atoms with Gasteiger partial charge in [-0.05, 0) is 13.3 Å². The molecule has 1 amide bonds. The number of amides is 1. The van der Waals surface area contributed by atoms with E-state index in [4.69, 9.17) is 4.74 Å². The van der Waals surface area contributed by atoms with Crippen LogP contribution in [-0.4, -0.2) is 28.7 Å². The van der Waals surface area contributed by atoms with Crippen LogP contribution in [0, 0.1) is 5.92 Å². The molecular formula is C13H18N3O3+. The maximum atomic E-state index is 12.1. The maximum Gasteiger partial charge on any atom is 0.414 e. The lowest BCUT2D eigenvalue weighted by atomic mass is 10.2. The van der Waals surface area contributed by atoms with Crippen LogP contribution in [0.5, 0.6) is 0 Å². The molecule has 1 aliphatic rings. The number of esters is 1. The number of aryl methyl sites for hydroxylation is 1. The largest absolute Gasteiger partial charge is 0.464 e. The number of imidazole rings is 1. The summed E-state index contributed by atoms with van der Waals surface area (Å²) in [5, 5.41) is 2.75. The van der Waals surface area contributed by atoms with Crippen LogP contribution in [-0.2, 0) is 16.6 Å². The van der Waals surface area contributed by atoms with Crippen molar-refractivity contribution in [1.82, 2.24) is 9.88 Å². The summed E-state index contributed by atoms with van der Waals surface area (Å²) in [6.45, 7) is 5.71. The van der Waals surface area contributed by atoms with Crippen LogP contribution in [0.4, 0.5) is 4.79 Å². The van der Waals surface area contributed by atoms with Crippen LogP contribution in [0.25, 0.3) is 0 Å². The van der Waals surface area contributed by atoms with E-state index in [0.29, 0.717) is 13.0 Å². The highest BCUT2D eigenvalue weighted by atomic mass is 16.5. The number of hydrogen-bond acceptors (Lipinski definition) is 3. The van der Waals surface area contributed by atoms with Crippen LogP contribution >= 0.6 is 0 Å². The molecule has 1 heterocycles. The molecule has 19 heavy (non-hydrogen) atoms. The van der Waals surface area contributed by atoms with Crippen molar-refractivity contribution in [3.63, 3.8) is 0 Å². The lowest BCUT2D eigenvalue weighted by molar-refractivity contribution is -0.670. The van der Waals surface area contributed by atoms with Crippen molar-refractivity contribution in [3.8, 4) is 0 Å². The zero-order chi connectivity index (χ0) is 14.0. The summed E-state index contributed by atoms with van der Waals surface area (Å²) >= 11 is 0. The molecular weight excluding hydrogens is 246 g/mol. The molecule has 102 valence electrons. The first kappa shape index (κ1) is 13.3. The molecule has 1 saturated carbocycles. The van der Waals surface area contributed by atoms with Gasteiger partial charge in [0.2, 0.25) is 0 Å². The smallest absolute Gasteiger partial charge is 0.414 e. The molecule has 6 heteroatoms. The average Bonchev–Trinajstić information content (AvgIpc) is 2.92. The third-order valence-corrected chi connectivity index (χ3v) is 3.27. The second kappa shape index (κ2) is 4.87. The SMILES string of the molecule is C=CC1CC1(NC(=O)n1cc[n+](C)c1)C(=O)OCC. The fourth-order valence-corrected chi connectivity index (χ4v) is 2.09. The Bertz CT molecular complexity index is 523. The third kappa shape index (κ3) is 2.38. The van der Waals surface area contributed by atoms with E-state index in [-0.39, 0.29) is 11.9 Å². The van der Waals surface area contributed by atoms with Crippen LogP contribution in [0.3, 0.4) is 0 Å². The van der Waals surface area contributed by atoms with Gasteiger partial charge in [-0.25, -0.2) is 14.2 Å². The number of nitrogens with one attached hydrogen (secondary N) is 1. The van der Waals surface area contributed by atoms with Crippen LogP contribution in [0.2, 0.25) is 0 Å². The summed E-state index contributed by atoms with van der Waals surface area (Å²) in [5.74, 6) is -0.468. The molecule has 0 aliphatic heterocycles. The van der Waals surface area contributed by atoms with Crippen molar-refractivity contribution < 1.29 is 18.9 Å². The van der Waals surface area contributed by atoms with Gasteiger partial charge in [0, 0.05) is 5.92 Å². The van der Waals surface area contributed by atoms with E-state index in [0.717, 1.165) is 0 Å². The predicted molar refractivity (Wildman–Crippen MR) is 67.2 cm³/mol. The van der Waals surface area contributed by atoms with Crippen LogP contribution < -0.4 is 9.88 Å². The highest BCUT2D eigenvalue weighted by molar-refractivity contribution is 5.91. The van der Waals surface area contributed by atoms with Gasteiger partial charge in [-0.1, -0.05) is 6.08 Å². The Kier molecular flexibility index (Phi) is 3.42. The van der Waals surface area contributed by atoms with Gasteiger partial charge in [0.1, 0.15) is 17.9 Å². The number of carbonyl (C=O) groups is 2. The molecule has 0 saturated heterocycles. The summed E-state index contributed by atoms with van der Waals surface area (Å²) in [5.41, 5.74) is -0.947. The minimum atomic E-state index is -0.947. The number of aromatic nitrogens is 2. The van der Waals surface area contributed by atoms with Crippen molar-refractivity contribution in [2.24, 2.45) is 13.0 Å². The Morgan fingerprint density at radius 2 is 2.42 bits per heavy atom. The molecule has 6 nitrogen and oxygen atoms in total. The highest BCUT2D eigenvalue weighted by Crippen LogP contribution is 2.45. The predicted octanol–water partition coefficient (Wildman–Crippen LogP) is 0.378. The Morgan fingerprint density at radius 3 is 2.89 bits per heavy atom. The second-order valence-corrected chi connectivity index (χ2v) is 4.65. The molecule has 2 rings (SSSR count). The molecule has 2 unspecified atom stereocenters.